The minimum Gasteiger partial charge on any atom is -0.389 e. The van der Waals surface area contributed by atoms with Crippen molar-refractivity contribution in [3.8, 4) is 17.3 Å². The van der Waals surface area contributed by atoms with E-state index < -0.39 is 49.0 Å². The monoisotopic (exact) mass is 646 g/mol. The Bertz CT molecular complexity index is 1760. The fourth-order valence-electron chi connectivity index (χ4n) is 5.61. The van der Waals surface area contributed by atoms with Crippen molar-refractivity contribution in [1.82, 2.24) is 25.0 Å². The highest BCUT2D eigenvalue weighted by atomic mass is 32.1. The number of aliphatic hydroxyl groups excluding tert-OH is 1. The Morgan fingerprint density at radius 1 is 1.18 bits per heavy atom. The Kier molecular flexibility index (Phi) is 8.10. The number of halogens is 5. The first-order valence-corrected chi connectivity index (χ1v) is 14.9. The number of rotatable bonds is 7. The van der Waals surface area contributed by atoms with E-state index in [-0.39, 0.29) is 48.1 Å². The number of likely N-dealkylation sites (tertiary alicyclic amines) is 1. The van der Waals surface area contributed by atoms with Crippen molar-refractivity contribution in [2.24, 2.45) is 0 Å². The number of carbonyl (C=O) groups excluding carboxylic acids is 1. The zero-order chi connectivity index (χ0) is 32.0. The minimum absolute atomic E-state index is 0.0522. The van der Waals surface area contributed by atoms with E-state index in [9.17, 15) is 32.7 Å². The van der Waals surface area contributed by atoms with E-state index in [1.165, 1.54) is 34.1 Å². The number of H-pyrrole nitrogens is 1. The fraction of sp³-hybridized carbons (Fsp3) is 0.379. The molecule has 2 aromatic carbocycles. The molecule has 4 aromatic rings. The maximum atomic E-state index is 15.4. The van der Waals surface area contributed by atoms with E-state index in [0.29, 0.717) is 28.3 Å². The number of hydrogen-bond donors (Lipinski definition) is 2. The summed E-state index contributed by atoms with van der Waals surface area (Å²) in [6, 6.07) is 8.40. The number of hydrogen-bond acceptors (Lipinski definition) is 9. The Labute approximate surface area is 257 Å². The molecule has 0 aliphatic carbocycles. The van der Waals surface area contributed by atoms with E-state index in [2.05, 4.69) is 21.3 Å². The van der Waals surface area contributed by atoms with Crippen LogP contribution in [0.15, 0.2) is 36.4 Å². The Morgan fingerprint density at radius 3 is 2.56 bits per heavy atom. The van der Waals surface area contributed by atoms with E-state index in [1.807, 2.05) is 0 Å². The molecule has 10 nitrogen and oxygen atoms in total. The summed E-state index contributed by atoms with van der Waals surface area (Å²) in [5.74, 6) is -1.36. The zero-order valence-electron chi connectivity index (χ0n) is 23.9. The minimum atomic E-state index is -4.65. The molecule has 2 fully saturated rings. The van der Waals surface area contributed by atoms with E-state index in [4.69, 9.17) is 0 Å². The van der Waals surface area contributed by atoms with Crippen LogP contribution in [0.5, 0.6) is 0 Å². The predicted molar refractivity (Wildman–Crippen MR) is 157 cm³/mol. The number of piperazine rings is 1. The van der Waals surface area contributed by atoms with Gasteiger partial charge < -0.3 is 19.8 Å². The highest BCUT2D eigenvalue weighted by Crippen LogP contribution is 2.39. The second kappa shape index (κ2) is 11.9. The lowest BCUT2D eigenvalue weighted by Gasteiger charge is -2.44. The molecule has 2 N–H and O–H groups in total. The lowest BCUT2D eigenvalue weighted by atomic mass is 10.1. The quantitative estimate of drug-likeness (QED) is 0.287. The molecule has 45 heavy (non-hydrogen) atoms. The molecule has 1 atom stereocenters. The number of aromatic amines is 1. The van der Waals surface area contributed by atoms with E-state index in [1.54, 1.807) is 17.9 Å². The number of nitrogens with one attached hydrogen (secondary N) is 1. The molecule has 0 radical (unpaired) electrons. The van der Waals surface area contributed by atoms with Gasteiger partial charge in [0.05, 0.1) is 12.6 Å². The van der Waals surface area contributed by atoms with Crippen LogP contribution in [0, 0.1) is 23.0 Å². The molecule has 0 bridgehead atoms. The third-order valence-electron chi connectivity index (χ3n) is 8.01. The van der Waals surface area contributed by atoms with Gasteiger partial charge in [0, 0.05) is 55.9 Å². The third kappa shape index (κ3) is 5.90. The molecule has 2 aromatic heterocycles. The fourth-order valence-corrected chi connectivity index (χ4v) is 6.56. The number of aliphatic hydroxyl groups is 1. The first-order chi connectivity index (χ1) is 21.5. The zero-order valence-corrected chi connectivity index (χ0v) is 24.7. The van der Waals surface area contributed by atoms with Gasteiger partial charge in [0.1, 0.15) is 34.0 Å². The van der Waals surface area contributed by atoms with E-state index in [0.717, 1.165) is 22.3 Å². The number of carbonyl (C=O) groups is 1. The normalized spacial score (nSPS) is 17.9. The van der Waals surface area contributed by atoms with Gasteiger partial charge in [0.25, 0.3) is 0 Å². The molecule has 2 aliphatic heterocycles. The van der Waals surface area contributed by atoms with Crippen molar-refractivity contribution in [3.05, 3.63) is 52.9 Å². The SMILES string of the molecule is CCN(c1nc(-c2ccc(F)cc2)c(C#N)s1)c1n[nH]c2c(F)cc(N3CCN(CC(=O)N4CC(O)C4)C(C(F)(F)F)C3)cc12. The van der Waals surface area contributed by atoms with Crippen molar-refractivity contribution >= 4 is 44.8 Å². The summed E-state index contributed by atoms with van der Waals surface area (Å²) in [7, 11) is 0. The Balaban J connectivity index is 1.30. The van der Waals surface area contributed by atoms with Gasteiger partial charge in [-0.15, -0.1) is 0 Å². The lowest BCUT2D eigenvalue weighted by Crippen LogP contribution is -2.63. The summed E-state index contributed by atoms with van der Waals surface area (Å²) >= 11 is 1.08. The molecule has 4 heterocycles. The van der Waals surface area contributed by atoms with Crippen molar-refractivity contribution in [3.63, 3.8) is 0 Å². The molecule has 2 saturated heterocycles. The van der Waals surface area contributed by atoms with Crippen molar-refractivity contribution in [2.75, 3.05) is 55.6 Å². The average Bonchev–Trinajstić information content (AvgIpc) is 3.61. The van der Waals surface area contributed by atoms with Crippen molar-refractivity contribution in [1.29, 1.82) is 5.26 Å². The van der Waals surface area contributed by atoms with Crippen LogP contribution in [0.4, 0.5) is 38.6 Å². The van der Waals surface area contributed by atoms with Crippen LogP contribution in [0.3, 0.4) is 0 Å². The van der Waals surface area contributed by atoms with Crippen LogP contribution >= 0.6 is 11.3 Å². The highest BCUT2D eigenvalue weighted by Gasteiger charge is 2.47. The van der Waals surface area contributed by atoms with Crippen molar-refractivity contribution < 1.29 is 31.9 Å². The Morgan fingerprint density at radius 2 is 1.91 bits per heavy atom. The predicted octanol–water partition coefficient (Wildman–Crippen LogP) is 4.25. The first kappa shape index (κ1) is 30.7. The lowest BCUT2D eigenvalue weighted by molar-refractivity contribution is -0.187. The van der Waals surface area contributed by atoms with Gasteiger partial charge in [-0.2, -0.15) is 23.5 Å². The maximum Gasteiger partial charge on any atom is 0.405 e. The van der Waals surface area contributed by atoms with Gasteiger partial charge in [-0.1, -0.05) is 11.3 Å². The van der Waals surface area contributed by atoms with Crippen molar-refractivity contribution in [2.45, 2.75) is 25.2 Å². The number of benzene rings is 2. The van der Waals surface area contributed by atoms with Gasteiger partial charge in [0.2, 0.25) is 5.91 Å². The number of amides is 1. The summed E-state index contributed by atoms with van der Waals surface area (Å²) in [5.41, 5.74) is 1.15. The smallest absolute Gasteiger partial charge is 0.389 e. The largest absolute Gasteiger partial charge is 0.405 e. The number of anilines is 3. The van der Waals surface area contributed by atoms with Crippen LogP contribution in [-0.4, -0.2) is 100 Å². The summed E-state index contributed by atoms with van der Waals surface area (Å²) < 4.78 is 71.5. The molecule has 6 rings (SSSR count). The second-order valence-electron chi connectivity index (χ2n) is 10.9. The topological polar surface area (TPSA) is 116 Å². The molecule has 236 valence electrons. The molecule has 1 unspecified atom stereocenters. The highest BCUT2D eigenvalue weighted by molar-refractivity contribution is 7.16. The standard InChI is InChI=1S/C29H27F5N8O2S/c1-2-42(28-36-25(22(11-35)45-28)16-3-5-17(30)6-4-16)27-20-9-18(10-21(31)26(20)37-38-27)39-7-8-40(23(14-39)29(32,33)34)15-24(44)41-12-19(43)13-41/h3-6,9-10,19,23,43H,2,7-8,12-15H2,1H3,(H,37,38). The van der Waals surface area contributed by atoms with Gasteiger partial charge in [-0.3, -0.25) is 14.8 Å². The number of aromatic nitrogens is 3. The summed E-state index contributed by atoms with van der Waals surface area (Å²) in [4.78, 5) is 22.9. The molecule has 1 amide bonds. The number of thiazole rings is 1. The Hall–Kier alpha value is -4.33. The van der Waals surface area contributed by atoms with Gasteiger partial charge in [-0.25, -0.2) is 13.8 Å². The van der Waals surface area contributed by atoms with Gasteiger partial charge in [0.15, 0.2) is 16.8 Å². The first-order valence-electron chi connectivity index (χ1n) is 14.1. The molecule has 16 heteroatoms. The second-order valence-corrected chi connectivity index (χ2v) is 11.8. The molecule has 0 saturated carbocycles. The number of alkyl halides is 3. The molecular formula is C29H27F5N8O2S. The summed E-state index contributed by atoms with van der Waals surface area (Å²) in [6.07, 6.45) is -5.31. The maximum absolute atomic E-state index is 15.4. The van der Waals surface area contributed by atoms with E-state index >= 15 is 4.39 Å². The third-order valence-corrected chi connectivity index (χ3v) is 9.00. The number of β-amino-alcohol motifs (C(OH)–C–C–N with tert-alkyl or cyclic N) is 1. The molecular weight excluding hydrogens is 619 g/mol. The van der Waals surface area contributed by atoms with Gasteiger partial charge in [-0.05, 0) is 43.3 Å². The summed E-state index contributed by atoms with van der Waals surface area (Å²) in [6.45, 7) is 1.38. The summed E-state index contributed by atoms with van der Waals surface area (Å²) in [5, 5.41) is 26.9. The average molecular weight is 647 g/mol. The van der Waals surface area contributed by atoms with Crippen LogP contribution < -0.4 is 9.80 Å². The van der Waals surface area contributed by atoms with Crippen LogP contribution in [-0.2, 0) is 4.79 Å². The molecule has 2 aliphatic rings. The van der Waals surface area contributed by atoms with Crippen LogP contribution in [0.1, 0.15) is 11.8 Å². The van der Waals surface area contributed by atoms with Crippen LogP contribution in [0.25, 0.3) is 22.2 Å². The molecule has 0 spiro atoms. The van der Waals surface area contributed by atoms with Crippen LogP contribution in [0.2, 0.25) is 0 Å². The number of fused-ring (bicyclic) bond motifs is 1. The number of nitrogens with zero attached hydrogens (tertiary/aromatic N) is 7. The number of nitriles is 1. The van der Waals surface area contributed by atoms with Gasteiger partial charge >= 0.3 is 6.18 Å².